The Bertz CT molecular complexity index is 1210. The van der Waals surface area contributed by atoms with Crippen LogP contribution in [0.15, 0.2) is 40.7 Å². The number of nitrogens with one attached hydrogen (secondary N) is 1. The number of rotatable bonds is 8. The minimum Gasteiger partial charge on any atom is -0.549 e. The molecule has 3 heterocycles. The molecule has 2 aliphatic heterocycles. The number of benzene rings is 1. The average Bonchev–Trinajstić information content (AvgIpc) is 3.21. The largest absolute Gasteiger partial charge is 1.00 e. The zero-order valence-electron chi connectivity index (χ0n) is 19.4. The number of amides is 2. The first-order valence-corrected chi connectivity index (χ1v) is 11.8. The van der Waals surface area contributed by atoms with Gasteiger partial charge in [-0.05, 0) is 33.7 Å². The van der Waals surface area contributed by atoms with Gasteiger partial charge in [-0.15, -0.1) is 16.9 Å². The number of aromatic nitrogens is 4. The Balaban J connectivity index is 0.00000228. The number of carbonyl (C=O) groups is 4. The van der Waals surface area contributed by atoms with Gasteiger partial charge in [0, 0.05) is 18.6 Å². The number of phenols is 1. The summed E-state index contributed by atoms with van der Waals surface area (Å²) in [5.41, 5.74) is 0.212. The Morgan fingerprint density at radius 3 is 2.47 bits per heavy atom. The molecule has 3 atom stereocenters. The average molecular weight is 550 g/mol. The van der Waals surface area contributed by atoms with Crippen molar-refractivity contribution in [2.75, 3.05) is 11.5 Å². The molecule has 4 rings (SSSR count). The number of aromatic hydroxyl groups is 1. The summed E-state index contributed by atoms with van der Waals surface area (Å²) in [5.74, 6) is -6.30. The molecule has 178 valence electrons. The second-order valence-electron chi connectivity index (χ2n) is 7.35. The minimum absolute atomic E-state index is 0. The van der Waals surface area contributed by atoms with E-state index in [0.717, 1.165) is 4.90 Å². The number of aliphatic carboxylic acids is 2. The number of tetrazole rings is 1. The van der Waals surface area contributed by atoms with Gasteiger partial charge >= 0.3 is 59.1 Å². The van der Waals surface area contributed by atoms with E-state index in [-0.39, 0.29) is 87.6 Å². The van der Waals surface area contributed by atoms with E-state index in [1.54, 1.807) is 7.05 Å². The predicted molar refractivity (Wildman–Crippen MR) is 112 cm³/mol. The maximum atomic E-state index is 12.8. The van der Waals surface area contributed by atoms with Crippen molar-refractivity contribution in [3.05, 3.63) is 41.1 Å². The number of fused-ring (bicyclic) bond motifs is 1. The molecule has 1 aromatic heterocycles. The first kappa shape index (κ1) is 30.6. The minimum atomic E-state index is -1.72. The first-order chi connectivity index (χ1) is 16.2. The van der Waals surface area contributed by atoms with E-state index in [1.807, 2.05) is 0 Å². The molecule has 2 aliphatic rings. The molecule has 13 nitrogen and oxygen atoms in total. The number of carbonyl (C=O) groups excluding carboxylic acids is 4. The molecule has 17 heteroatoms. The standard InChI is InChI=1S/C19H18N6O7S2.2Na/c1-24-19(21-22-23-24)34-7-9-6-33-16-12(15(28)25(16)13(9)18(31)32)20-14(27)11(17(29)30)8-2-4-10(26)5-3-8;;/h2-5,11-12,16,26H,6-7H2,1H3,(H,20,27)(H,29,30)(H,31,32);;/q;2*+1/p-2/t11?,12-,16?;;/m1../s1. The van der Waals surface area contributed by atoms with Crippen LogP contribution in [0.1, 0.15) is 11.5 Å². The van der Waals surface area contributed by atoms with Crippen molar-refractivity contribution in [2.45, 2.75) is 22.5 Å². The van der Waals surface area contributed by atoms with Crippen molar-refractivity contribution in [1.82, 2.24) is 30.4 Å². The molecule has 1 saturated heterocycles. The van der Waals surface area contributed by atoms with E-state index in [1.165, 1.54) is 52.5 Å². The summed E-state index contributed by atoms with van der Waals surface area (Å²) in [6.07, 6.45) is 0. The van der Waals surface area contributed by atoms with Gasteiger partial charge in [0.15, 0.2) is 0 Å². The smallest absolute Gasteiger partial charge is 0.549 e. The molecule has 0 aliphatic carbocycles. The molecule has 0 spiro atoms. The van der Waals surface area contributed by atoms with E-state index in [9.17, 15) is 34.5 Å². The number of carboxylic acid groups (broad SMARTS) is 2. The van der Waals surface area contributed by atoms with Gasteiger partial charge in [0.25, 0.3) is 5.91 Å². The third kappa shape index (κ3) is 6.10. The van der Waals surface area contributed by atoms with E-state index >= 15 is 0 Å². The molecular weight excluding hydrogens is 534 g/mol. The van der Waals surface area contributed by atoms with Crippen LogP contribution in [0.5, 0.6) is 5.75 Å². The molecule has 2 unspecified atom stereocenters. The van der Waals surface area contributed by atoms with Gasteiger partial charge in [0.1, 0.15) is 23.1 Å². The van der Waals surface area contributed by atoms with Crippen molar-refractivity contribution in [1.29, 1.82) is 0 Å². The van der Waals surface area contributed by atoms with Crippen LogP contribution in [0.4, 0.5) is 0 Å². The van der Waals surface area contributed by atoms with Crippen LogP contribution in [0.2, 0.25) is 0 Å². The van der Waals surface area contributed by atoms with Crippen LogP contribution in [0.3, 0.4) is 0 Å². The number of hydrogen-bond acceptors (Lipinski definition) is 12. The summed E-state index contributed by atoms with van der Waals surface area (Å²) in [6, 6.07) is 3.84. The van der Waals surface area contributed by atoms with Gasteiger partial charge in [-0.25, -0.2) is 4.68 Å². The Labute approximate surface area is 257 Å². The first-order valence-electron chi connectivity index (χ1n) is 9.72. The molecule has 0 radical (unpaired) electrons. The molecule has 0 saturated carbocycles. The molecule has 0 bridgehead atoms. The van der Waals surface area contributed by atoms with Crippen molar-refractivity contribution in [3.63, 3.8) is 0 Å². The molecule has 2 aromatic rings. The van der Waals surface area contributed by atoms with Crippen molar-refractivity contribution in [3.8, 4) is 5.75 Å². The number of nitrogens with zero attached hydrogens (tertiary/aromatic N) is 5. The Morgan fingerprint density at radius 2 is 1.92 bits per heavy atom. The fourth-order valence-electron chi connectivity index (χ4n) is 3.58. The third-order valence-corrected chi connectivity index (χ3v) is 7.66. The molecule has 1 aromatic carbocycles. The summed E-state index contributed by atoms with van der Waals surface area (Å²) in [4.78, 5) is 50.0. The summed E-state index contributed by atoms with van der Waals surface area (Å²) in [6.45, 7) is 0. The second kappa shape index (κ2) is 12.8. The van der Waals surface area contributed by atoms with Gasteiger partial charge in [-0.1, -0.05) is 23.9 Å². The Kier molecular flexibility index (Phi) is 10.9. The van der Waals surface area contributed by atoms with Crippen molar-refractivity contribution >= 4 is 47.3 Å². The summed E-state index contributed by atoms with van der Waals surface area (Å²) in [5, 5.41) is 46.0. The number of carboxylic acids is 2. The summed E-state index contributed by atoms with van der Waals surface area (Å²) in [7, 11) is 1.63. The monoisotopic (exact) mass is 550 g/mol. The quantitative estimate of drug-likeness (QED) is 0.137. The van der Waals surface area contributed by atoms with Crippen molar-refractivity contribution in [2.24, 2.45) is 7.05 Å². The zero-order chi connectivity index (χ0) is 24.6. The topological polar surface area (TPSA) is 193 Å². The molecular formula is C19H16N6Na2O7S2. The van der Waals surface area contributed by atoms with Crippen LogP contribution in [-0.4, -0.2) is 76.9 Å². The SMILES string of the molecule is Cn1nnnc1SCC1=C(C(=O)[O-])N2C(=O)[C@@H](NC(=O)C(C(=O)[O-])c3ccc(O)cc3)C2SC1.[Na+].[Na+]. The maximum absolute atomic E-state index is 12.8. The fourth-order valence-corrected chi connectivity index (χ4v) is 5.91. The number of phenolic OH excluding ortho intramolecular Hbond substituents is 1. The predicted octanol–water partition coefficient (Wildman–Crippen LogP) is -9.05. The van der Waals surface area contributed by atoms with Gasteiger partial charge in [-0.3, -0.25) is 14.5 Å². The van der Waals surface area contributed by atoms with Crippen molar-refractivity contribution < 1.29 is 93.6 Å². The van der Waals surface area contributed by atoms with Crippen LogP contribution in [-0.2, 0) is 26.2 Å². The van der Waals surface area contributed by atoms with Gasteiger partial charge in [-0.2, -0.15) is 0 Å². The number of thioether (sulfide) groups is 2. The van der Waals surface area contributed by atoms with E-state index in [2.05, 4.69) is 20.8 Å². The van der Waals surface area contributed by atoms with E-state index < -0.39 is 41.1 Å². The van der Waals surface area contributed by atoms with Crippen LogP contribution in [0.25, 0.3) is 0 Å². The molecule has 2 amide bonds. The van der Waals surface area contributed by atoms with Gasteiger partial charge < -0.3 is 30.2 Å². The molecule has 36 heavy (non-hydrogen) atoms. The molecule has 2 N–H and O–H groups in total. The van der Waals surface area contributed by atoms with Crippen LogP contribution < -0.4 is 74.6 Å². The van der Waals surface area contributed by atoms with E-state index in [0.29, 0.717) is 10.7 Å². The Hall–Kier alpha value is -1.59. The summed E-state index contributed by atoms with van der Waals surface area (Å²) < 4.78 is 1.42. The van der Waals surface area contributed by atoms with Crippen LogP contribution >= 0.6 is 23.5 Å². The third-order valence-electron chi connectivity index (χ3n) is 5.22. The number of β-lactam (4-membered cyclic amide) rings is 1. The second-order valence-corrected chi connectivity index (χ2v) is 9.40. The van der Waals surface area contributed by atoms with Gasteiger partial charge in [0.2, 0.25) is 11.1 Å². The Morgan fingerprint density at radius 1 is 1.25 bits per heavy atom. The fraction of sp³-hybridized carbons (Fsp3) is 0.316. The maximum Gasteiger partial charge on any atom is 1.00 e. The number of hydrogen-bond donors (Lipinski definition) is 2. The zero-order valence-corrected chi connectivity index (χ0v) is 25.0. The molecule has 1 fully saturated rings. The summed E-state index contributed by atoms with van der Waals surface area (Å²) >= 11 is 2.42. The number of aryl methyl sites for hydroxylation is 1. The van der Waals surface area contributed by atoms with Crippen LogP contribution in [0, 0.1) is 0 Å². The van der Waals surface area contributed by atoms with Gasteiger partial charge in [0.05, 0.1) is 17.6 Å². The van der Waals surface area contributed by atoms with E-state index in [4.69, 9.17) is 0 Å². The normalized spacial score (nSPS) is 19.2.